The van der Waals surface area contributed by atoms with Gasteiger partial charge in [0.1, 0.15) is 6.17 Å². The number of esters is 1. The smallest absolute Gasteiger partial charge is 0.303 e. The molecule has 150 valence electrons. The zero-order valence-electron chi connectivity index (χ0n) is 16.7. The number of hydrogen-bond donors (Lipinski definition) is 0. The fourth-order valence-corrected chi connectivity index (χ4v) is 6.12. The molecule has 0 aromatic heterocycles. The van der Waals surface area contributed by atoms with E-state index in [9.17, 15) is 14.4 Å². The largest absolute Gasteiger partial charge is 0.457 e. The lowest BCUT2D eigenvalue weighted by Crippen LogP contribution is -2.47. The van der Waals surface area contributed by atoms with Crippen LogP contribution in [0.15, 0.2) is 34.9 Å². The number of carbonyl (C=O) groups excluding carboxylic acids is 3. The molecule has 5 heteroatoms. The van der Waals surface area contributed by atoms with Crippen LogP contribution in [-0.2, 0) is 19.1 Å². The Morgan fingerprint density at radius 2 is 2.00 bits per heavy atom. The van der Waals surface area contributed by atoms with Gasteiger partial charge in [0.05, 0.1) is 0 Å². The maximum atomic E-state index is 15.2. The minimum atomic E-state index is -1.11. The molecule has 0 N–H and O–H groups in total. The summed E-state index contributed by atoms with van der Waals surface area (Å²) in [6.45, 7) is 5.22. The van der Waals surface area contributed by atoms with Gasteiger partial charge in [0.25, 0.3) is 0 Å². The van der Waals surface area contributed by atoms with Crippen molar-refractivity contribution >= 4 is 17.5 Å². The van der Waals surface area contributed by atoms with Gasteiger partial charge in [-0.15, -0.1) is 0 Å². The summed E-state index contributed by atoms with van der Waals surface area (Å²) in [5.41, 5.74) is 1.88. The van der Waals surface area contributed by atoms with Crippen molar-refractivity contribution in [2.24, 2.45) is 22.7 Å². The summed E-state index contributed by atoms with van der Waals surface area (Å²) in [5, 5.41) is 0. The van der Waals surface area contributed by atoms with Crippen LogP contribution in [0.1, 0.15) is 52.9 Å². The Hall–Kier alpha value is -2.04. The lowest BCUT2D eigenvalue weighted by atomic mass is 9.50. The molecule has 0 radical (unpaired) electrons. The van der Waals surface area contributed by atoms with Crippen molar-refractivity contribution < 1.29 is 23.5 Å². The molecule has 0 heterocycles. The number of ether oxygens (including phenoxy) is 1. The molecular formula is C23H27FO4. The minimum Gasteiger partial charge on any atom is -0.457 e. The second kappa shape index (κ2) is 6.50. The van der Waals surface area contributed by atoms with E-state index in [1.807, 2.05) is 6.08 Å². The van der Waals surface area contributed by atoms with Crippen LogP contribution in [-0.4, -0.2) is 30.3 Å². The summed E-state index contributed by atoms with van der Waals surface area (Å²) in [6.07, 6.45) is 7.56. The van der Waals surface area contributed by atoms with Crippen molar-refractivity contribution in [1.82, 2.24) is 0 Å². The Morgan fingerprint density at radius 1 is 1.25 bits per heavy atom. The van der Waals surface area contributed by atoms with E-state index in [1.165, 1.54) is 12.5 Å². The molecule has 0 unspecified atom stereocenters. The summed E-state index contributed by atoms with van der Waals surface area (Å²) >= 11 is 0. The third kappa shape index (κ3) is 2.73. The van der Waals surface area contributed by atoms with Crippen molar-refractivity contribution in [2.45, 2.75) is 59.0 Å². The highest BCUT2D eigenvalue weighted by molar-refractivity contribution is 5.99. The summed E-state index contributed by atoms with van der Waals surface area (Å²) in [7, 11) is 0. The number of rotatable bonds is 3. The molecule has 0 bridgehead atoms. The maximum absolute atomic E-state index is 15.2. The van der Waals surface area contributed by atoms with Crippen LogP contribution in [0.5, 0.6) is 0 Å². The van der Waals surface area contributed by atoms with Crippen LogP contribution in [0.2, 0.25) is 0 Å². The van der Waals surface area contributed by atoms with Crippen molar-refractivity contribution in [2.75, 3.05) is 6.61 Å². The molecule has 1 saturated carbocycles. The number of Topliss-reactive ketones (excluding diaryl/α,β-unsaturated/α-hetero) is 1. The Morgan fingerprint density at radius 3 is 2.71 bits per heavy atom. The molecule has 0 spiro atoms. The van der Waals surface area contributed by atoms with Crippen LogP contribution in [0.3, 0.4) is 0 Å². The van der Waals surface area contributed by atoms with E-state index in [0.29, 0.717) is 24.8 Å². The quantitative estimate of drug-likeness (QED) is 0.542. The zero-order chi connectivity index (χ0) is 20.3. The van der Waals surface area contributed by atoms with Gasteiger partial charge < -0.3 is 4.74 Å². The first-order valence-corrected chi connectivity index (χ1v) is 10.1. The number of allylic oxidation sites excluding steroid dienone is 5. The van der Waals surface area contributed by atoms with E-state index in [0.717, 1.165) is 18.4 Å². The van der Waals surface area contributed by atoms with Gasteiger partial charge in [-0.2, -0.15) is 0 Å². The molecule has 0 amide bonds. The van der Waals surface area contributed by atoms with Gasteiger partial charge in [-0.1, -0.05) is 31.6 Å². The molecule has 0 saturated heterocycles. The number of hydrogen-bond acceptors (Lipinski definition) is 4. The summed E-state index contributed by atoms with van der Waals surface area (Å²) in [6, 6.07) is 0. The average Bonchev–Trinajstić information content (AvgIpc) is 2.99. The molecule has 0 aliphatic heterocycles. The first-order valence-electron chi connectivity index (χ1n) is 10.1. The first-order chi connectivity index (χ1) is 13.2. The van der Waals surface area contributed by atoms with Crippen LogP contribution in [0, 0.1) is 22.7 Å². The number of carbonyl (C=O) groups is 3. The molecule has 0 aromatic rings. The van der Waals surface area contributed by atoms with Gasteiger partial charge in [0.15, 0.2) is 18.2 Å². The van der Waals surface area contributed by atoms with E-state index in [1.54, 1.807) is 6.08 Å². The Kier molecular flexibility index (Phi) is 4.48. The third-order valence-electron chi connectivity index (χ3n) is 7.61. The minimum absolute atomic E-state index is 0.0238. The van der Waals surface area contributed by atoms with Gasteiger partial charge in [0, 0.05) is 29.7 Å². The molecule has 28 heavy (non-hydrogen) atoms. The second-order valence-electron chi connectivity index (χ2n) is 9.15. The SMILES string of the molecule is CC(=O)OCC(=O)C1=CC[C@H]2[C@@H]3C[C@H](F)C4=CC(=O)CC[C@]4(C)C3=CC[C@]12C. The normalized spacial score (nSPS) is 39.1. The first kappa shape index (κ1) is 19.3. The van der Waals surface area contributed by atoms with E-state index in [-0.39, 0.29) is 40.8 Å². The molecule has 4 aliphatic carbocycles. The second-order valence-corrected chi connectivity index (χ2v) is 9.15. The lowest BCUT2D eigenvalue weighted by molar-refractivity contribution is -0.145. The number of ketones is 2. The molecule has 4 aliphatic rings. The molecule has 5 atom stereocenters. The van der Waals surface area contributed by atoms with E-state index in [2.05, 4.69) is 19.9 Å². The fraction of sp³-hybridized carbons (Fsp3) is 0.609. The maximum Gasteiger partial charge on any atom is 0.303 e. The average molecular weight is 386 g/mol. The van der Waals surface area contributed by atoms with Crippen molar-refractivity contribution in [3.63, 3.8) is 0 Å². The van der Waals surface area contributed by atoms with E-state index >= 15 is 4.39 Å². The van der Waals surface area contributed by atoms with Gasteiger partial charge in [0.2, 0.25) is 0 Å². The Labute approximate surface area is 164 Å². The number of alkyl halides is 1. The Bertz CT molecular complexity index is 851. The van der Waals surface area contributed by atoms with Crippen molar-refractivity contribution in [1.29, 1.82) is 0 Å². The highest BCUT2D eigenvalue weighted by Crippen LogP contribution is 2.63. The summed E-state index contributed by atoms with van der Waals surface area (Å²) in [5.74, 6) is -0.362. The van der Waals surface area contributed by atoms with Crippen LogP contribution < -0.4 is 0 Å². The van der Waals surface area contributed by atoms with Crippen LogP contribution in [0.4, 0.5) is 4.39 Å². The highest BCUT2D eigenvalue weighted by Gasteiger charge is 2.56. The van der Waals surface area contributed by atoms with E-state index < -0.39 is 12.1 Å². The number of halogens is 1. The van der Waals surface area contributed by atoms with Crippen LogP contribution >= 0.6 is 0 Å². The molecule has 0 aromatic carbocycles. The Balaban J connectivity index is 1.66. The molecule has 1 fully saturated rings. The van der Waals surface area contributed by atoms with Gasteiger partial charge in [-0.05, 0) is 49.2 Å². The van der Waals surface area contributed by atoms with Crippen LogP contribution in [0.25, 0.3) is 0 Å². The monoisotopic (exact) mass is 386 g/mol. The number of fused-ring (bicyclic) bond motifs is 5. The highest BCUT2D eigenvalue weighted by atomic mass is 19.1. The predicted molar refractivity (Wildman–Crippen MR) is 102 cm³/mol. The topological polar surface area (TPSA) is 60.4 Å². The molecule has 4 nitrogen and oxygen atoms in total. The fourth-order valence-electron chi connectivity index (χ4n) is 6.12. The zero-order valence-corrected chi connectivity index (χ0v) is 16.7. The lowest BCUT2D eigenvalue weighted by Gasteiger charge is -2.53. The van der Waals surface area contributed by atoms with Crippen molar-refractivity contribution in [3.05, 3.63) is 34.9 Å². The summed E-state index contributed by atoms with van der Waals surface area (Å²) < 4.78 is 20.1. The molecule has 4 rings (SSSR count). The molecular weight excluding hydrogens is 359 g/mol. The standard InChI is InChI=1S/C23H27FO4/c1-13(25)28-12-21(27)18-5-4-16-15-11-20(24)19-10-14(26)6-8-23(19,3)17(15)7-9-22(16,18)2/h5,7,10,15-16,20H,4,6,8-9,11-12H2,1-3H3/t15-,16-,20-,22-,23+/m0/s1. The third-order valence-corrected chi connectivity index (χ3v) is 7.61. The predicted octanol–water partition coefficient (Wildman–Crippen LogP) is 4.05. The van der Waals surface area contributed by atoms with Crippen molar-refractivity contribution in [3.8, 4) is 0 Å². The van der Waals surface area contributed by atoms with E-state index in [4.69, 9.17) is 4.74 Å². The van der Waals surface area contributed by atoms with Gasteiger partial charge in [-0.25, -0.2) is 4.39 Å². The van der Waals surface area contributed by atoms with Gasteiger partial charge in [-0.3, -0.25) is 14.4 Å². The summed E-state index contributed by atoms with van der Waals surface area (Å²) in [4.78, 5) is 35.6. The van der Waals surface area contributed by atoms with Gasteiger partial charge >= 0.3 is 5.97 Å².